The first-order valence-corrected chi connectivity index (χ1v) is 11.5. The average Bonchev–Trinajstić information content (AvgIpc) is 3.29. The first kappa shape index (κ1) is 20.8. The van der Waals surface area contributed by atoms with Gasteiger partial charge in [0.25, 0.3) is 5.91 Å². The molecule has 2 fully saturated rings. The molecule has 2 aromatic rings. The summed E-state index contributed by atoms with van der Waals surface area (Å²) in [5, 5.41) is 0. The maximum absolute atomic E-state index is 12.8. The maximum atomic E-state index is 12.8. The molecule has 5 nitrogen and oxygen atoms in total. The monoisotopic (exact) mass is 492 g/mol. The number of benzene rings is 1. The number of carbonyl (C=O) groups is 1. The summed E-state index contributed by atoms with van der Waals surface area (Å²) in [5.41, 5.74) is 0.989. The number of amides is 1. The molecule has 1 aromatic carbocycles. The molecule has 4 rings (SSSR count). The van der Waals surface area contributed by atoms with Gasteiger partial charge >= 0.3 is 0 Å². The summed E-state index contributed by atoms with van der Waals surface area (Å²) < 4.78 is 12.9. The summed E-state index contributed by atoms with van der Waals surface area (Å²) in [7, 11) is 0. The van der Waals surface area contributed by atoms with Gasteiger partial charge in [-0.15, -0.1) is 0 Å². The minimum atomic E-state index is -0.0384. The largest absolute Gasteiger partial charge is 0.457 e. The molecule has 2 aliphatic rings. The second kappa shape index (κ2) is 9.57. The molecule has 2 saturated heterocycles. The van der Waals surface area contributed by atoms with Crippen molar-refractivity contribution in [3.63, 3.8) is 0 Å². The van der Waals surface area contributed by atoms with Crippen LogP contribution in [0.25, 0.3) is 17.4 Å². The maximum Gasteiger partial charge on any atom is 0.266 e. The summed E-state index contributed by atoms with van der Waals surface area (Å²) in [6.45, 7) is 5.08. The summed E-state index contributed by atoms with van der Waals surface area (Å²) in [5.74, 6) is 1.38. The lowest BCUT2D eigenvalue weighted by Crippen LogP contribution is -2.38. The molecule has 3 heterocycles. The van der Waals surface area contributed by atoms with Crippen molar-refractivity contribution in [1.82, 2.24) is 9.80 Å². The van der Waals surface area contributed by atoms with E-state index in [2.05, 4.69) is 20.8 Å². The molecule has 0 N–H and O–H groups in total. The molecule has 29 heavy (non-hydrogen) atoms. The number of nitrogens with zero attached hydrogens (tertiary/aromatic N) is 2. The van der Waals surface area contributed by atoms with E-state index in [-0.39, 0.29) is 5.91 Å². The van der Waals surface area contributed by atoms with E-state index in [1.807, 2.05) is 36.4 Å². The lowest BCUT2D eigenvalue weighted by molar-refractivity contribution is -0.122. The molecule has 0 bridgehead atoms. The van der Waals surface area contributed by atoms with E-state index in [9.17, 15) is 4.79 Å². The molecule has 0 saturated carbocycles. The van der Waals surface area contributed by atoms with Crippen LogP contribution in [0.2, 0.25) is 0 Å². The van der Waals surface area contributed by atoms with Crippen molar-refractivity contribution in [2.75, 3.05) is 39.4 Å². The number of rotatable bonds is 6. The number of hydrogen-bond donors (Lipinski definition) is 0. The van der Waals surface area contributed by atoms with Crippen molar-refractivity contribution < 1.29 is 13.9 Å². The van der Waals surface area contributed by atoms with Crippen LogP contribution in [-0.4, -0.2) is 59.4 Å². The van der Waals surface area contributed by atoms with Gasteiger partial charge in [-0.2, -0.15) is 0 Å². The Bertz CT molecular complexity index is 920. The van der Waals surface area contributed by atoms with Crippen LogP contribution in [-0.2, 0) is 9.53 Å². The number of furan rings is 1. The molecule has 1 amide bonds. The standard InChI is InChI=1S/C21H21BrN2O3S2/c22-16-4-2-15(3-5-16)18-7-6-17(27-18)14-19-20(25)24(21(28)29-19)9-1-8-23-10-12-26-13-11-23/h2-7,14H,1,8-13H2. The summed E-state index contributed by atoms with van der Waals surface area (Å²) in [6, 6.07) is 11.7. The fourth-order valence-electron chi connectivity index (χ4n) is 3.30. The van der Waals surface area contributed by atoms with E-state index in [0.717, 1.165) is 55.1 Å². The summed E-state index contributed by atoms with van der Waals surface area (Å²) >= 11 is 10.2. The Balaban J connectivity index is 1.37. The number of morpholine rings is 1. The quantitative estimate of drug-likeness (QED) is 0.432. The van der Waals surface area contributed by atoms with E-state index in [0.29, 0.717) is 21.5 Å². The highest BCUT2D eigenvalue weighted by atomic mass is 79.9. The highest BCUT2D eigenvalue weighted by Gasteiger charge is 2.32. The van der Waals surface area contributed by atoms with Gasteiger partial charge in [0.2, 0.25) is 0 Å². The third-order valence-electron chi connectivity index (χ3n) is 4.86. The van der Waals surface area contributed by atoms with Crippen molar-refractivity contribution in [3.05, 3.63) is 51.5 Å². The molecule has 0 radical (unpaired) electrons. The number of thioether (sulfide) groups is 1. The molecule has 2 aliphatic heterocycles. The Morgan fingerprint density at radius 3 is 2.62 bits per heavy atom. The van der Waals surface area contributed by atoms with Crippen molar-refractivity contribution in [1.29, 1.82) is 0 Å². The fourth-order valence-corrected chi connectivity index (χ4v) is 4.85. The lowest BCUT2D eigenvalue weighted by atomic mass is 10.2. The SMILES string of the molecule is O=C1C(=Cc2ccc(-c3ccc(Br)cc3)o2)SC(=S)N1CCCN1CCOCC1. The summed E-state index contributed by atoms with van der Waals surface area (Å²) in [6.07, 6.45) is 2.68. The number of carbonyl (C=O) groups excluding carboxylic acids is 1. The van der Waals surface area contributed by atoms with E-state index in [1.165, 1.54) is 11.8 Å². The normalized spacial score (nSPS) is 19.5. The van der Waals surface area contributed by atoms with Crippen molar-refractivity contribution in [3.8, 4) is 11.3 Å². The van der Waals surface area contributed by atoms with Crippen LogP contribution in [0, 0.1) is 0 Å². The van der Waals surface area contributed by atoms with Gasteiger partial charge in [-0.25, -0.2) is 0 Å². The van der Waals surface area contributed by atoms with Crippen molar-refractivity contribution >= 4 is 56.2 Å². The average molecular weight is 493 g/mol. The predicted octanol–water partition coefficient (Wildman–Crippen LogP) is 4.63. The van der Waals surface area contributed by atoms with E-state index in [1.54, 1.807) is 11.0 Å². The van der Waals surface area contributed by atoms with Crippen LogP contribution in [0.15, 0.2) is 50.2 Å². The molecular weight excluding hydrogens is 472 g/mol. The first-order chi connectivity index (χ1) is 14.1. The number of hydrogen-bond acceptors (Lipinski definition) is 6. The Labute approximate surface area is 188 Å². The Morgan fingerprint density at radius 1 is 1.10 bits per heavy atom. The van der Waals surface area contributed by atoms with Gasteiger partial charge < -0.3 is 9.15 Å². The minimum Gasteiger partial charge on any atom is -0.457 e. The van der Waals surface area contributed by atoms with Gasteiger partial charge in [-0.3, -0.25) is 14.6 Å². The van der Waals surface area contributed by atoms with Crippen molar-refractivity contribution in [2.45, 2.75) is 6.42 Å². The van der Waals surface area contributed by atoms with Gasteiger partial charge in [0.05, 0.1) is 18.1 Å². The minimum absolute atomic E-state index is 0.0384. The third kappa shape index (κ3) is 5.19. The lowest BCUT2D eigenvalue weighted by Gasteiger charge is -2.27. The Hall–Kier alpha value is -1.45. The second-order valence-electron chi connectivity index (χ2n) is 6.85. The number of ether oxygens (including phenoxy) is 1. The van der Waals surface area contributed by atoms with Crippen LogP contribution in [0.5, 0.6) is 0 Å². The molecule has 152 valence electrons. The van der Waals surface area contributed by atoms with Crippen LogP contribution in [0.3, 0.4) is 0 Å². The van der Waals surface area contributed by atoms with Crippen molar-refractivity contribution in [2.24, 2.45) is 0 Å². The van der Waals surface area contributed by atoms with Gasteiger partial charge in [-0.05, 0) is 30.7 Å². The molecular formula is C21H21BrN2O3S2. The smallest absolute Gasteiger partial charge is 0.266 e. The van der Waals surface area contributed by atoms with E-state index >= 15 is 0 Å². The summed E-state index contributed by atoms with van der Waals surface area (Å²) in [4.78, 5) is 17.5. The van der Waals surface area contributed by atoms with Crippen LogP contribution in [0.1, 0.15) is 12.2 Å². The zero-order valence-electron chi connectivity index (χ0n) is 15.8. The van der Waals surface area contributed by atoms with Crippen LogP contribution in [0.4, 0.5) is 0 Å². The van der Waals surface area contributed by atoms with Gasteiger partial charge in [0.15, 0.2) is 0 Å². The van der Waals surface area contributed by atoms with Gasteiger partial charge in [0, 0.05) is 42.3 Å². The molecule has 0 atom stereocenters. The second-order valence-corrected chi connectivity index (χ2v) is 9.44. The molecule has 0 unspecified atom stereocenters. The third-order valence-corrected chi connectivity index (χ3v) is 6.77. The number of halogens is 1. The molecule has 1 aromatic heterocycles. The van der Waals surface area contributed by atoms with Gasteiger partial charge in [0.1, 0.15) is 15.8 Å². The molecule has 0 aliphatic carbocycles. The molecule has 8 heteroatoms. The first-order valence-electron chi connectivity index (χ1n) is 9.51. The van der Waals surface area contributed by atoms with Crippen LogP contribution >= 0.6 is 39.9 Å². The highest BCUT2D eigenvalue weighted by Crippen LogP contribution is 2.33. The molecule has 0 spiro atoms. The Kier molecular flexibility index (Phi) is 6.87. The van der Waals surface area contributed by atoms with E-state index in [4.69, 9.17) is 21.4 Å². The van der Waals surface area contributed by atoms with Gasteiger partial charge in [-0.1, -0.05) is 52.0 Å². The zero-order valence-corrected chi connectivity index (χ0v) is 19.0. The Morgan fingerprint density at radius 2 is 1.86 bits per heavy atom. The predicted molar refractivity (Wildman–Crippen MR) is 124 cm³/mol. The fraction of sp³-hybridized carbons (Fsp3) is 0.333. The van der Waals surface area contributed by atoms with Crippen LogP contribution < -0.4 is 0 Å². The topological polar surface area (TPSA) is 45.9 Å². The zero-order chi connectivity index (χ0) is 20.2. The number of thiocarbonyl (C=S) groups is 1. The highest BCUT2D eigenvalue weighted by molar-refractivity contribution is 9.10. The van der Waals surface area contributed by atoms with E-state index < -0.39 is 0 Å².